The van der Waals surface area contributed by atoms with E-state index in [9.17, 15) is 9.90 Å². The summed E-state index contributed by atoms with van der Waals surface area (Å²) < 4.78 is 22.1. The van der Waals surface area contributed by atoms with Crippen LogP contribution in [0.15, 0.2) is 11.1 Å². The smallest absolute Gasteiger partial charge is 0.279 e. The molecule has 0 aliphatic carbocycles. The first-order valence-corrected chi connectivity index (χ1v) is 6.78. The number of hydrogen-bond donors (Lipinski definition) is 2. The molecule has 0 spiro atoms. The number of alkyl halides is 1. The number of aryl methyl sites for hydroxylation is 1. The lowest BCUT2D eigenvalue weighted by atomic mass is 9.89. The zero-order chi connectivity index (χ0) is 16.1. The summed E-state index contributed by atoms with van der Waals surface area (Å²) in [5, 5.41) is 9.33. The van der Waals surface area contributed by atoms with Crippen LogP contribution in [0, 0.1) is 25.2 Å². The molecule has 3 heterocycles. The lowest BCUT2D eigenvalue weighted by Crippen LogP contribution is -2.35. The molecule has 0 radical (unpaired) electrons. The standard InChI is InChI=1S/C14H15FN4O3/c1-4-14(15)7(2)9(5-20)22-13(14)19-6-16-10-11(19)17-8(3)18-12(10)21/h1,6-7,9,13,20H,5H2,2-3H3,(H,17,18,21)/t7-,9-,13-,14-/m1/s1. The minimum absolute atomic E-state index is 0.0775. The molecule has 1 aliphatic heterocycles. The van der Waals surface area contributed by atoms with Gasteiger partial charge in [-0.2, -0.15) is 0 Å². The molecule has 1 aliphatic rings. The number of aliphatic hydroxyl groups excluding tert-OH is 1. The first kappa shape index (κ1) is 14.7. The third kappa shape index (κ3) is 1.86. The zero-order valence-electron chi connectivity index (χ0n) is 12.1. The Morgan fingerprint density at radius 1 is 1.68 bits per heavy atom. The van der Waals surface area contributed by atoms with Gasteiger partial charge in [-0.05, 0) is 6.92 Å². The van der Waals surface area contributed by atoms with Crippen LogP contribution in [0.2, 0.25) is 0 Å². The number of imidazole rings is 1. The van der Waals surface area contributed by atoms with Crippen LogP contribution in [0.25, 0.3) is 11.2 Å². The van der Waals surface area contributed by atoms with Crippen LogP contribution in [0.4, 0.5) is 4.39 Å². The van der Waals surface area contributed by atoms with Gasteiger partial charge in [-0.3, -0.25) is 9.36 Å². The van der Waals surface area contributed by atoms with Gasteiger partial charge in [0.1, 0.15) is 5.82 Å². The van der Waals surface area contributed by atoms with Crippen LogP contribution in [0.3, 0.4) is 0 Å². The number of hydrogen-bond acceptors (Lipinski definition) is 5. The van der Waals surface area contributed by atoms with E-state index in [4.69, 9.17) is 11.2 Å². The quantitative estimate of drug-likeness (QED) is 0.778. The molecular weight excluding hydrogens is 291 g/mol. The monoisotopic (exact) mass is 306 g/mol. The summed E-state index contributed by atoms with van der Waals surface area (Å²) in [6.45, 7) is 2.83. The molecule has 2 aromatic heterocycles. The second kappa shape index (κ2) is 4.90. The van der Waals surface area contributed by atoms with Crippen LogP contribution >= 0.6 is 0 Å². The van der Waals surface area contributed by atoms with Gasteiger partial charge in [0.05, 0.1) is 19.0 Å². The third-order valence-electron chi connectivity index (χ3n) is 4.09. The van der Waals surface area contributed by atoms with Crippen molar-refractivity contribution < 1.29 is 14.2 Å². The number of ether oxygens (including phenoxy) is 1. The average Bonchev–Trinajstić information content (AvgIpc) is 3.00. The van der Waals surface area contributed by atoms with Gasteiger partial charge < -0.3 is 14.8 Å². The topological polar surface area (TPSA) is 93.0 Å². The van der Waals surface area contributed by atoms with Gasteiger partial charge in [0.2, 0.25) is 5.67 Å². The maximum atomic E-state index is 15.2. The molecule has 0 amide bonds. The molecule has 2 aromatic rings. The van der Waals surface area contributed by atoms with Crippen molar-refractivity contribution in [2.75, 3.05) is 6.61 Å². The van der Waals surface area contributed by atoms with Crippen LogP contribution in [-0.4, -0.2) is 43.0 Å². The van der Waals surface area contributed by atoms with Gasteiger partial charge in [-0.1, -0.05) is 12.8 Å². The van der Waals surface area contributed by atoms with Crippen LogP contribution < -0.4 is 5.56 Å². The number of fused-ring (bicyclic) bond motifs is 1. The van der Waals surface area contributed by atoms with E-state index in [2.05, 4.69) is 20.9 Å². The van der Waals surface area contributed by atoms with Gasteiger partial charge in [0.15, 0.2) is 17.4 Å². The Labute approximate surface area is 125 Å². The highest BCUT2D eigenvalue weighted by molar-refractivity contribution is 5.69. The predicted molar refractivity (Wildman–Crippen MR) is 75.7 cm³/mol. The first-order valence-electron chi connectivity index (χ1n) is 6.78. The SMILES string of the molecule is C#C[C@@]1(F)[C@H](C)[C@@H](CO)O[C@H]1n1cnc2c(=O)[nH]c(C)nc21. The molecular formula is C14H15FN4O3. The molecule has 8 heteroatoms. The molecule has 4 atom stereocenters. The van der Waals surface area contributed by atoms with Gasteiger partial charge in [0.25, 0.3) is 5.56 Å². The minimum atomic E-state index is -2.14. The van der Waals surface area contributed by atoms with Crippen LogP contribution in [0.1, 0.15) is 19.0 Å². The van der Waals surface area contributed by atoms with Crippen molar-refractivity contribution in [3.05, 3.63) is 22.5 Å². The Kier molecular flexibility index (Phi) is 3.27. The van der Waals surface area contributed by atoms with Gasteiger partial charge in [-0.15, -0.1) is 6.42 Å². The fourth-order valence-electron chi connectivity index (χ4n) is 2.76. The summed E-state index contributed by atoms with van der Waals surface area (Å²) in [5.74, 6) is 1.78. The number of halogens is 1. The van der Waals surface area contributed by atoms with Gasteiger partial charge >= 0.3 is 0 Å². The zero-order valence-corrected chi connectivity index (χ0v) is 12.1. The Morgan fingerprint density at radius 2 is 2.41 bits per heavy atom. The van der Waals surface area contributed by atoms with Crippen molar-refractivity contribution in [1.29, 1.82) is 0 Å². The van der Waals surface area contributed by atoms with Gasteiger partial charge in [-0.25, -0.2) is 14.4 Å². The molecule has 0 saturated carbocycles. The largest absolute Gasteiger partial charge is 0.394 e. The minimum Gasteiger partial charge on any atom is -0.394 e. The fourth-order valence-corrected chi connectivity index (χ4v) is 2.76. The molecule has 3 rings (SSSR count). The van der Waals surface area contributed by atoms with Crippen molar-refractivity contribution in [3.63, 3.8) is 0 Å². The molecule has 7 nitrogen and oxygen atoms in total. The molecule has 0 aromatic carbocycles. The summed E-state index contributed by atoms with van der Waals surface area (Å²) in [6.07, 6.45) is 4.69. The van der Waals surface area contributed by atoms with E-state index >= 15 is 4.39 Å². The third-order valence-corrected chi connectivity index (χ3v) is 4.09. The number of aromatic amines is 1. The number of aliphatic hydroxyl groups is 1. The van der Waals surface area contributed by atoms with Crippen LogP contribution in [-0.2, 0) is 4.74 Å². The molecule has 0 unspecified atom stereocenters. The summed E-state index contributed by atoms with van der Waals surface area (Å²) >= 11 is 0. The average molecular weight is 306 g/mol. The molecule has 22 heavy (non-hydrogen) atoms. The van der Waals surface area contributed by atoms with Crippen molar-refractivity contribution in [2.45, 2.75) is 31.8 Å². The van der Waals surface area contributed by atoms with E-state index in [0.29, 0.717) is 5.82 Å². The van der Waals surface area contributed by atoms with Crippen molar-refractivity contribution in [1.82, 2.24) is 19.5 Å². The summed E-state index contributed by atoms with van der Waals surface area (Å²) in [7, 11) is 0. The number of terminal acetylenes is 1. The van der Waals surface area contributed by atoms with Crippen molar-refractivity contribution in [2.24, 2.45) is 5.92 Å². The van der Waals surface area contributed by atoms with E-state index in [1.54, 1.807) is 13.8 Å². The van der Waals surface area contributed by atoms with Crippen molar-refractivity contribution in [3.8, 4) is 12.3 Å². The molecule has 0 bridgehead atoms. The Balaban J connectivity index is 2.19. The molecule has 1 saturated heterocycles. The first-order chi connectivity index (χ1) is 10.4. The summed E-state index contributed by atoms with van der Waals surface area (Å²) in [5.41, 5.74) is -2.29. The van der Waals surface area contributed by atoms with E-state index in [-0.39, 0.29) is 17.8 Å². The maximum absolute atomic E-state index is 15.2. The van der Waals surface area contributed by atoms with E-state index in [0.717, 1.165) is 0 Å². The number of nitrogens with one attached hydrogen (secondary N) is 1. The molecule has 2 N–H and O–H groups in total. The van der Waals surface area contributed by atoms with E-state index < -0.39 is 29.5 Å². The van der Waals surface area contributed by atoms with Gasteiger partial charge in [0, 0.05) is 5.92 Å². The maximum Gasteiger partial charge on any atom is 0.279 e. The summed E-state index contributed by atoms with van der Waals surface area (Å²) in [6, 6.07) is 0. The Morgan fingerprint density at radius 3 is 3.05 bits per heavy atom. The van der Waals surface area contributed by atoms with Crippen LogP contribution in [0.5, 0.6) is 0 Å². The number of H-pyrrole nitrogens is 1. The Hall–Kier alpha value is -2.24. The fraction of sp³-hybridized carbons (Fsp3) is 0.500. The number of aromatic nitrogens is 4. The highest BCUT2D eigenvalue weighted by Crippen LogP contribution is 2.45. The molecule has 116 valence electrons. The number of nitrogens with zero attached hydrogens (tertiary/aromatic N) is 3. The Bertz CT molecular complexity index is 824. The van der Waals surface area contributed by atoms with Crippen molar-refractivity contribution >= 4 is 11.2 Å². The summed E-state index contributed by atoms with van der Waals surface area (Å²) in [4.78, 5) is 22.5. The highest BCUT2D eigenvalue weighted by atomic mass is 19.1. The van der Waals surface area contributed by atoms with E-state index in [1.807, 2.05) is 0 Å². The van der Waals surface area contributed by atoms with E-state index in [1.165, 1.54) is 10.9 Å². The normalized spacial score (nSPS) is 31.5. The highest BCUT2D eigenvalue weighted by Gasteiger charge is 2.55. The second-order valence-corrected chi connectivity index (χ2v) is 5.39. The molecule has 1 fully saturated rings. The lowest BCUT2D eigenvalue weighted by Gasteiger charge is -2.24. The predicted octanol–water partition coefficient (Wildman–Crippen LogP) is 0.295. The number of rotatable bonds is 2. The second-order valence-electron chi connectivity index (χ2n) is 5.39. The lowest BCUT2D eigenvalue weighted by molar-refractivity contribution is -0.0479.